The predicted molar refractivity (Wildman–Crippen MR) is 103 cm³/mol. The summed E-state index contributed by atoms with van der Waals surface area (Å²) < 4.78 is 5.34. The Kier molecular flexibility index (Phi) is 4.98. The highest BCUT2D eigenvalue weighted by molar-refractivity contribution is 6.07. The van der Waals surface area contributed by atoms with E-state index in [1.165, 1.54) is 0 Å². The quantitative estimate of drug-likeness (QED) is 0.657. The van der Waals surface area contributed by atoms with Crippen molar-refractivity contribution in [2.24, 2.45) is 0 Å². The van der Waals surface area contributed by atoms with Crippen molar-refractivity contribution in [1.29, 1.82) is 0 Å². The van der Waals surface area contributed by atoms with Gasteiger partial charge in [-0.3, -0.25) is 4.79 Å². The molecule has 0 bridgehead atoms. The fourth-order valence-electron chi connectivity index (χ4n) is 3.03. The van der Waals surface area contributed by atoms with E-state index in [9.17, 15) is 9.59 Å². The van der Waals surface area contributed by atoms with Gasteiger partial charge in [0.05, 0.1) is 23.5 Å². The number of nitrogens with one attached hydrogen (secondary N) is 1. The van der Waals surface area contributed by atoms with Crippen LogP contribution in [0.5, 0.6) is 0 Å². The van der Waals surface area contributed by atoms with Crippen LogP contribution in [-0.4, -0.2) is 30.6 Å². The van der Waals surface area contributed by atoms with Gasteiger partial charge in [-0.05, 0) is 51.5 Å². The second kappa shape index (κ2) is 7.20. The van der Waals surface area contributed by atoms with Crippen molar-refractivity contribution >= 4 is 23.3 Å². The van der Waals surface area contributed by atoms with Crippen LogP contribution in [-0.2, 0) is 9.53 Å². The van der Waals surface area contributed by atoms with Gasteiger partial charge in [-0.1, -0.05) is 29.8 Å². The van der Waals surface area contributed by atoms with Gasteiger partial charge in [-0.2, -0.15) is 0 Å². The van der Waals surface area contributed by atoms with Gasteiger partial charge in [0.25, 0.3) is 5.91 Å². The molecule has 0 saturated heterocycles. The Morgan fingerprint density at radius 3 is 2.54 bits per heavy atom. The van der Waals surface area contributed by atoms with Crippen molar-refractivity contribution in [3.63, 3.8) is 0 Å². The van der Waals surface area contributed by atoms with Gasteiger partial charge in [0.15, 0.2) is 0 Å². The normalized spacial score (nSPS) is 15.2. The summed E-state index contributed by atoms with van der Waals surface area (Å²) in [5, 5.41) is 3.27. The molecule has 5 heteroatoms. The summed E-state index contributed by atoms with van der Waals surface area (Å²) in [6.07, 6.45) is 0.577. The van der Waals surface area contributed by atoms with Gasteiger partial charge in [-0.15, -0.1) is 0 Å². The zero-order chi connectivity index (χ0) is 18.7. The molecule has 136 valence electrons. The molecule has 3 rings (SSSR count). The Bertz CT molecular complexity index is 812. The molecule has 1 aliphatic heterocycles. The second-order valence-electron chi connectivity index (χ2n) is 7.08. The lowest BCUT2D eigenvalue weighted by atomic mass is 9.98. The smallest absolute Gasteiger partial charge is 0.338 e. The highest BCUT2D eigenvalue weighted by Gasteiger charge is 2.38. The molecule has 5 nitrogen and oxygen atoms in total. The number of aryl methyl sites for hydroxylation is 1. The molecule has 1 N–H and O–H groups in total. The Morgan fingerprint density at radius 2 is 1.81 bits per heavy atom. The van der Waals surface area contributed by atoms with Crippen LogP contribution in [0.15, 0.2) is 48.5 Å². The predicted octanol–water partition coefficient (Wildman–Crippen LogP) is 3.78. The van der Waals surface area contributed by atoms with Crippen LogP contribution in [0.2, 0.25) is 0 Å². The zero-order valence-corrected chi connectivity index (χ0v) is 15.4. The number of amides is 1. The maximum absolute atomic E-state index is 12.7. The second-order valence-corrected chi connectivity index (χ2v) is 7.08. The van der Waals surface area contributed by atoms with Crippen molar-refractivity contribution in [3.05, 3.63) is 59.7 Å². The van der Waals surface area contributed by atoms with Crippen LogP contribution >= 0.6 is 0 Å². The van der Waals surface area contributed by atoms with E-state index in [0.29, 0.717) is 18.5 Å². The van der Waals surface area contributed by atoms with E-state index < -0.39 is 5.54 Å². The number of hydrogen-bond acceptors (Lipinski definition) is 4. The van der Waals surface area contributed by atoms with E-state index in [0.717, 1.165) is 16.9 Å². The topological polar surface area (TPSA) is 58.6 Å². The summed E-state index contributed by atoms with van der Waals surface area (Å²) in [6.45, 7) is 6.49. The van der Waals surface area contributed by atoms with E-state index in [2.05, 4.69) is 5.32 Å². The number of benzene rings is 2. The number of carbonyl (C=O) groups excluding carboxylic acids is 2. The standard InChI is InChI=1S/C21H24N2O3/c1-15-9-11-16(12-10-15)19(24)26-14-6-13-23-18-8-5-4-7-17(18)22-21(2,3)20(23)25/h4-5,7-12,22H,6,13-14H2,1-3H3. The first kappa shape index (κ1) is 18.0. The van der Waals surface area contributed by atoms with E-state index in [1.54, 1.807) is 17.0 Å². The molecule has 1 heterocycles. The third kappa shape index (κ3) is 3.72. The summed E-state index contributed by atoms with van der Waals surface area (Å²) in [5.74, 6) is -0.321. The van der Waals surface area contributed by atoms with Crippen LogP contribution in [0.25, 0.3) is 0 Å². The SMILES string of the molecule is Cc1ccc(C(=O)OCCCN2C(=O)C(C)(C)Nc3ccccc32)cc1. The molecular formula is C21H24N2O3. The summed E-state index contributed by atoms with van der Waals surface area (Å²) in [4.78, 5) is 26.6. The average Bonchev–Trinajstić information content (AvgIpc) is 2.61. The molecule has 1 amide bonds. The molecule has 0 aromatic heterocycles. The van der Waals surface area contributed by atoms with Gasteiger partial charge in [0.1, 0.15) is 5.54 Å². The number of esters is 1. The van der Waals surface area contributed by atoms with E-state index in [1.807, 2.05) is 57.2 Å². The van der Waals surface area contributed by atoms with Gasteiger partial charge >= 0.3 is 5.97 Å². The lowest BCUT2D eigenvalue weighted by molar-refractivity contribution is -0.122. The number of para-hydroxylation sites is 2. The van der Waals surface area contributed by atoms with Gasteiger partial charge in [-0.25, -0.2) is 4.79 Å². The highest BCUT2D eigenvalue weighted by atomic mass is 16.5. The van der Waals surface area contributed by atoms with E-state index in [-0.39, 0.29) is 18.5 Å². The van der Waals surface area contributed by atoms with Gasteiger partial charge in [0.2, 0.25) is 0 Å². The monoisotopic (exact) mass is 352 g/mol. The van der Waals surface area contributed by atoms with E-state index >= 15 is 0 Å². The zero-order valence-electron chi connectivity index (χ0n) is 15.4. The Hall–Kier alpha value is -2.82. The molecule has 0 unspecified atom stereocenters. The maximum Gasteiger partial charge on any atom is 0.338 e. The van der Waals surface area contributed by atoms with Crippen LogP contribution in [0.3, 0.4) is 0 Å². The first-order chi connectivity index (χ1) is 12.4. The van der Waals surface area contributed by atoms with Gasteiger partial charge in [0, 0.05) is 6.54 Å². The molecule has 0 atom stereocenters. The number of carbonyl (C=O) groups is 2. The van der Waals surface area contributed by atoms with Crippen molar-refractivity contribution in [3.8, 4) is 0 Å². The average molecular weight is 352 g/mol. The molecule has 0 radical (unpaired) electrons. The minimum absolute atomic E-state index is 0.0149. The molecule has 0 aliphatic carbocycles. The molecule has 0 saturated carbocycles. The van der Waals surface area contributed by atoms with Crippen molar-refractivity contribution in [1.82, 2.24) is 0 Å². The molecule has 26 heavy (non-hydrogen) atoms. The summed E-state index contributed by atoms with van der Waals surface area (Å²) in [6, 6.07) is 15.0. The van der Waals surface area contributed by atoms with Crippen LogP contribution in [0.1, 0.15) is 36.2 Å². The summed E-state index contributed by atoms with van der Waals surface area (Å²) in [5.41, 5.74) is 2.78. The number of nitrogens with zero attached hydrogens (tertiary/aromatic N) is 1. The fourth-order valence-corrected chi connectivity index (χ4v) is 3.03. The number of ether oxygens (including phenoxy) is 1. The summed E-state index contributed by atoms with van der Waals surface area (Å²) in [7, 11) is 0. The largest absolute Gasteiger partial charge is 0.462 e. The maximum atomic E-state index is 12.7. The Morgan fingerprint density at radius 1 is 1.12 bits per heavy atom. The lowest BCUT2D eigenvalue weighted by Gasteiger charge is -2.40. The third-order valence-electron chi connectivity index (χ3n) is 4.47. The lowest BCUT2D eigenvalue weighted by Crippen LogP contribution is -2.54. The van der Waals surface area contributed by atoms with Crippen LogP contribution < -0.4 is 10.2 Å². The third-order valence-corrected chi connectivity index (χ3v) is 4.47. The van der Waals surface area contributed by atoms with Crippen molar-refractivity contribution in [2.45, 2.75) is 32.7 Å². The molecule has 0 fully saturated rings. The Labute approximate surface area is 154 Å². The number of hydrogen-bond donors (Lipinski definition) is 1. The van der Waals surface area contributed by atoms with Crippen LogP contribution in [0.4, 0.5) is 11.4 Å². The number of anilines is 2. The first-order valence-electron chi connectivity index (χ1n) is 8.81. The molecular weight excluding hydrogens is 328 g/mol. The minimum Gasteiger partial charge on any atom is -0.462 e. The van der Waals surface area contributed by atoms with E-state index in [4.69, 9.17) is 4.74 Å². The fraction of sp³-hybridized carbons (Fsp3) is 0.333. The number of rotatable bonds is 5. The molecule has 0 spiro atoms. The Balaban J connectivity index is 1.59. The first-order valence-corrected chi connectivity index (χ1v) is 8.81. The molecule has 2 aromatic carbocycles. The van der Waals surface area contributed by atoms with Crippen molar-refractivity contribution in [2.75, 3.05) is 23.4 Å². The summed E-state index contributed by atoms with van der Waals surface area (Å²) >= 11 is 0. The highest BCUT2D eigenvalue weighted by Crippen LogP contribution is 2.34. The van der Waals surface area contributed by atoms with Crippen LogP contribution in [0, 0.1) is 6.92 Å². The molecule has 2 aromatic rings. The minimum atomic E-state index is -0.660. The van der Waals surface area contributed by atoms with Crippen molar-refractivity contribution < 1.29 is 14.3 Å². The number of fused-ring (bicyclic) bond motifs is 1. The molecule has 1 aliphatic rings. The van der Waals surface area contributed by atoms with Gasteiger partial charge < -0.3 is 15.0 Å².